The minimum Gasteiger partial charge on any atom is -0.493 e. The molecule has 0 bridgehead atoms. The number of H-pyrrole nitrogens is 1. The third-order valence-corrected chi connectivity index (χ3v) is 5.18. The minimum atomic E-state index is 0.0315. The van der Waals surface area contributed by atoms with Crippen LogP contribution >= 0.6 is 15.9 Å². The summed E-state index contributed by atoms with van der Waals surface area (Å²) in [7, 11) is 4.84. The quantitative estimate of drug-likeness (QED) is 0.752. The van der Waals surface area contributed by atoms with Crippen molar-refractivity contribution in [1.29, 1.82) is 0 Å². The fourth-order valence-corrected chi connectivity index (χ4v) is 3.64. The number of carbonyl (C=O) groups is 1. The Morgan fingerprint density at radius 2 is 1.78 bits per heavy atom. The number of hydrogen-bond donors (Lipinski definition) is 1. The maximum Gasteiger partial charge on any atom is 0.270 e. The lowest BCUT2D eigenvalue weighted by molar-refractivity contribution is 0.0622. The maximum absolute atomic E-state index is 12.5. The highest BCUT2D eigenvalue weighted by Gasteiger charge is 2.24. The van der Waals surface area contributed by atoms with Crippen LogP contribution in [0.25, 0.3) is 0 Å². The lowest BCUT2D eigenvalue weighted by atomic mass is 10.1. The van der Waals surface area contributed by atoms with E-state index in [2.05, 4.69) is 25.8 Å². The predicted molar refractivity (Wildman–Crippen MR) is 106 cm³/mol. The van der Waals surface area contributed by atoms with Gasteiger partial charge in [-0.1, -0.05) is 6.07 Å². The molecule has 7 nitrogen and oxygen atoms in total. The van der Waals surface area contributed by atoms with E-state index in [4.69, 9.17) is 14.2 Å². The number of aromatic nitrogens is 1. The summed E-state index contributed by atoms with van der Waals surface area (Å²) < 4.78 is 17.2. The van der Waals surface area contributed by atoms with E-state index in [1.807, 2.05) is 23.1 Å². The number of hydrogen-bond acceptors (Lipinski definition) is 5. The molecule has 1 aromatic heterocycles. The summed E-state index contributed by atoms with van der Waals surface area (Å²) in [5.41, 5.74) is 1.64. The molecule has 0 aliphatic carbocycles. The Bertz CT molecular complexity index is 800. The van der Waals surface area contributed by atoms with Gasteiger partial charge in [0.15, 0.2) is 11.5 Å². The number of carbonyl (C=O) groups excluding carboxylic acids is 1. The second-order valence-corrected chi connectivity index (χ2v) is 7.21. The molecule has 27 heavy (non-hydrogen) atoms. The summed E-state index contributed by atoms with van der Waals surface area (Å²) in [6, 6.07) is 5.69. The second-order valence-electron chi connectivity index (χ2n) is 6.29. The molecular weight excluding hydrogens is 414 g/mol. The van der Waals surface area contributed by atoms with Gasteiger partial charge in [-0.3, -0.25) is 9.69 Å². The fourth-order valence-electron chi connectivity index (χ4n) is 3.30. The van der Waals surface area contributed by atoms with Crippen molar-refractivity contribution in [3.63, 3.8) is 0 Å². The Morgan fingerprint density at radius 3 is 2.33 bits per heavy atom. The number of amides is 1. The summed E-state index contributed by atoms with van der Waals surface area (Å²) in [5.74, 6) is 1.96. The van der Waals surface area contributed by atoms with Crippen molar-refractivity contribution in [3.8, 4) is 17.2 Å². The molecule has 1 N–H and O–H groups in total. The van der Waals surface area contributed by atoms with Crippen LogP contribution in [-0.4, -0.2) is 68.2 Å². The number of halogens is 1. The molecule has 2 aromatic rings. The van der Waals surface area contributed by atoms with E-state index in [-0.39, 0.29) is 5.91 Å². The van der Waals surface area contributed by atoms with Crippen LogP contribution in [0.5, 0.6) is 17.2 Å². The van der Waals surface area contributed by atoms with Gasteiger partial charge in [-0.15, -0.1) is 0 Å². The first-order valence-corrected chi connectivity index (χ1v) is 9.50. The van der Waals surface area contributed by atoms with E-state index >= 15 is 0 Å². The monoisotopic (exact) mass is 437 g/mol. The molecule has 0 radical (unpaired) electrons. The van der Waals surface area contributed by atoms with Crippen LogP contribution in [0.1, 0.15) is 16.1 Å². The minimum absolute atomic E-state index is 0.0315. The zero-order valence-electron chi connectivity index (χ0n) is 15.8. The molecule has 1 aliphatic heterocycles. The first kappa shape index (κ1) is 19.6. The van der Waals surface area contributed by atoms with Gasteiger partial charge in [-0.05, 0) is 28.1 Å². The van der Waals surface area contributed by atoms with Crippen LogP contribution in [0.4, 0.5) is 0 Å². The Hall–Kier alpha value is -2.19. The standard InChI is InChI=1S/C19H24BrN3O4/c1-25-16-5-4-13(17(26-2)18(16)27-3)12-22-6-8-23(9-7-22)19(24)15-10-14(20)11-21-15/h4-5,10-11,21H,6-9,12H2,1-3H3. The molecule has 0 unspecified atom stereocenters. The zero-order valence-corrected chi connectivity index (χ0v) is 17.3. The highest BCUT2D eigenvalue weighted by atomic mass is 79.9. The molecule has 8 heteroatoms. The Kier molecular flexibility index (Phi) is 6.28. The number of nitrogens with zero attached hydrogens (tertiary/aromatic N) is 2. The van der Waals surface area contributed by atoms with Crippen molar-refractivity contribution in [2.24, 2.45) is 0 Å². The van der Waals surface area contributed by atoms with Gasteiger partial charge in [-0.25, -0.2) is 0 Å². The molecule has 1 saturated heterocycles. The van der Waals surface area contributed by atoms with E-state index in [0.717, 1.165) is 29.7 Å². The van der Waals surface area contributed by atoms with Gasteiger partial charge >= 0.3 is 0 Å². The molecule has 3 rings (SSSR count). The Morgan fingerprint density at radius 1 is 1.07 bits per heavy atom. The number of nitrogens with one attached hydrogen (secondary N) is 1. The summed E-state index contributed by atoms with van der Waals surface area (Å²) in [5, 5.41) is 0. The summed E-state index contributed by atoms with van der Waals surface area (Å²) in [4.78, 5) is 19.7. The molecule has 0 spiro atoms. The van der Waals surface area contributed by atoms with E-state index in [1.54, 1.807) is 27.5 Å². The molecule has 1 amide bonds. The fraction of sp³-hybridized carbons (Fsp3) is 0.421. The topological polar surface area (TPSA) is 67.0 Å². The number of ether oxygens (including phenoxy) is 3. The second kappa shape index (κ2) is 8.67. The van der Waals surface area contributed by atoms with Crippen molar-refractivity contribution in [2.45, 2.75) is 6.54 Å². The van der Waals surface area contributed by atoms with E-state index in [0.29, 0.717) is 36.0 Å². The predicted octanol–water partition coefficient (Wildman–Crippen LogP) is 2.76. The first-order valence-electron chi connectivity index (χ1n) is 8.70. The van der Waals surface area contributed by atoms with Crippen LogP contribution < -0.4 is 14.2 Å². The van der Waals surface area contributed by atoms with Crippen LogP contribution in [0.3, 0.4) is 0 Å². The average Bonchev–Trinajstić information content (AvgIpc) is 3.13. The SMILES string of the molecule is COc1ccc(CN2CCN(C(=O)c3cc(Br)c[nH]3)CC2)c(OC)c1OC. The maximum atomic E-state index is 12.5. The Labute approximate surface area is 167 Å². The van der Waals surface area contributed by atoms with Crippen molar-refractivity contribution in [1.82, 2.24) is 14.8 Å². The lowest BCUT2D eigenvalue weighted by Crippen LogP contribution is -2.48. The molecule has 1 fully saturated rings. The molecule has 2 heterocycles. The van der Waals surface area contributed by atoms with Gasteiger partial charge in [0.05, 0.1) is 21.3 Å². The first-order chi connectivity index (χ1) is 13.1. The zero-order chi connectivity index (χ0) is 19.4. The van der Waals surface area contributed by atoms with Gasteiger partial charge in [0.1, 0.15) is 5.69 Å². The smallest absolute Gasteiger partial charge is 0.270 e. The van der Waals surface area contributed by atoms with E-state index in [1.165, 1.54) is 0 Å². The number of benzene rings is 1. The van der Waals surface area contributed by atoms with Crippen molar-refractivity contribution < 1.29 is 19.0 Å². The molecule has 146 valence electrons. The van der Waals surface area contributed by atoms with Gasteiger partial charge in [0, 0.05) is 49.0 Å². The third-order valence-electron chi connectivity index (χ3n) is 4.72. The average molecular weight is 438 g/mol. The highest BCUT2D eigenvalue weighted by molar-refractivity contribution is 9.10. The highest BCUT2D eigenvalue weighted by Crippen LogP contribution is 2.40. The summed E-state index contributed by atoms with van der Waals surface area (Å²) in [6.07, 6.45) is 1.77. The van der Waals surface area contributed by atoms with Gasteiger partial charge < -0.3 is 24.1 Å². The molecular formula is C19H24BrN3O4. The lowest BCUT2D eigenvalue weighted by Gasteiger charge is -2.34. The van der Waals surface area contributed by atoms with Gasteiger partial charge in [-0.2, -0.15) is 0 Å². The molecule has 0 saturated carbocycles. The largest absolute Gasteiger partial charge is 0.493 e. The van der Waals surface area contributed by atoms with E-state index in [9.17, 15) is 4.79 Å². The van der Waals surface area contributed by atoms with Crippen molar-refractivity contribution in [3.05, 3.63) is 40.1 Å². The van der Waals surface area contributed by atoms with E-state index < -0.39 is 0 Å². The third kappa shape index (κ3) is 4.22. The number of rotatable bonds is 6. The number of aromatic amines is 1. The normalized spacial score (nSPS) is 14.9. The van der Waals surface area contributed by atoms with Crippen LogP contribution in [-0.2, 0) is 6.54 Å². The molecule has 1 aromatic carbocycles. The molecule has 0 atom stereocenters. The van der Waals surface area contributed by atoms with Crippen molar-refractivity contribution >= 4 is 21.8 Å². The summed E-state index contributed by atoms with van der Waals surface area (Å²) >= 11 is 3.37. The van der Waals surface area contributed by atoms with Crippen molar-refractivity contribution in [2.75, 3.05) is 47.5 Å². The van der Waals surface area contributed by atoms with Gasteiger partial charge in [0.25, 0.3) is 5.91 Å². The Balaban J connectivity index is 1.65. The van der Waals surface area contributed by atoms with Crippen LogP contribution in [0, 0.1) is 0 Å². The summed E-state index contributed by atoms with van der Waals surface area (Å²) in [6.45, 7) is 3.69. The molecule has 1 aliphatic rings. The van der Waals surface area contributed by atoms with Crippen LogP contribution in [0.2, 0.25) is 0 Å². The number of methoxy groups -OCH3 is 3. The van der Waals surface area contributed by atoms with Crippen LogP contribution in [0.15, 0.2) is 28.9 Å². The number of piperazine rings is 1. The van der Waals surface area contributed by atoms with Gasteiger partial charge in [0.2, 0.25) is 5.75 Å².